The zero-order chi connectivity index (χ0) is 21.9. The average Bonchev–Trinajstić information content (AvgIpc) is 2.82. The van der Waals surface area contributed by atoms with Crippen LogP contribution in [0.4, 0.5) is 0 Å². The summed E-state index contributed by atoms with van der Waals surface area (Å²) in [5, 5.41) is 5.57. The topological polar surface area (TPSA) is 12.0 Å². The van der Waals surface area contributed by atoms with Crippen molar-refractivity contribution in [3.63, 3.8) is 0 Å². The fraction of sp³-hybridized carbons (Fsp3) is 0. The minimum atomic E-state index is -1.77. The summed E-state index contributed by atoms with van der Waals surface area (Å²) < 4.78 is 0. The van der Waals surface area contributed by atoms with Crippen LogP contribution in [0.5, 0.6) is 0 Å². The second-order valence-electron chi connectivity index (χ2n) is 6.53. The van der Waals surface area contributed by atoms with Crippen molar-refractivity contribution in [1.29, 1.82) is 0 Å². The molecule has 0 aromatic heterocycles. The maximum atomic E-state index is 4.95. The number of halogens is 3. The first kappa shape index (κ1) is 24.8. The standard InChI is InChI=1S/C24H21NP2.3ClH.V/c1-5-13-21(14-6-1)26(22-15-7-2-8-16-22)25-27(23-17-9-3-10-18-23)24-19-11-4-12-20-24;;;;/h1-20,25H;3*1H;/q;;;;+3/p-1. The smallest absolute Gasteiger partial charge is 0.0620 e. The summed E-state index contributed by atoms with van der Waals surface area (Å²) in [4.78, 5) is 4.12. The Balaban J connectivity index is 0.000000628. The Morgan fingerprint density at radius 2 is 0.613 bits per heavy atom. The average molecular weight is 545 g/mol. The van der Waals surface area contributed by atoms with Crippen molar-refractivity contribution < 1.29 is 12.3 Å². The molecule has 0 unspecified atom stereocenters. The summed E-state index contributed by atoms with van der Waals surface area (Å²) in [7, 11) is 12.7. The molecule has 7 heteroatoms. The molecule has 0 atom stereocenters. The third-order valence-corrected chi connectivity index (χ3v) is 10.1. The van der Waals surface area contributed by atoms with Crippen LogP contribution in [0.1, 0.15) is 0 Å². The molecular formula is C24H23Cl3NP2V+2. The van der Waals surface area contributed by atoms with Gasteiger partial charge in [0.25, 0.3) is 0 Å². The van der Waals surface area contributed by atoms with Crippen LogP contribution in [-0.4, -0.2) is 0 Å². The van der Waals surface area contributed by atoms with Crippen molar-refractivity contribution in [2.75, 3.05) is 0 Å². The summed E-state index contributed by atoms with van der Waals surface area (Å²) in [6, 6.07) is 43.5. The first-order chi connectivity index (χ1) is 15.1. The molecule has 0 spiro atoms. The molecule has 158 valence electrons. The van der Waals surface area contributed by atoms with Gasteiger partial charge in [0, 0.05) is 0 Å². The van der Waals surface area contributed by atoms with Crippen molar-refractivity contribution in [1.82, 2.24) is 4.86 Å². The minimum Gasteiger partial charge on any atom is -0.0620 e. The molecule has 1 N–H and O–H groups in total. The van der Waals surface area contributed by atoms with E-state index in [9.17, 15) is 0 Å². The van der Waals surface area contributed by atoms with Crippen LogP contribution in [0.25, 0.3) is 0 Å². The van der Waals surface area contributed by atoms with Crippen molar-refractivity contribution >= 4 is 66.9 Å². The Labute approximate surface area is 204 Å². The van der Waals surface area contributed by atoms with Gasteiger partial charge in [-0.3, -0.25) is 0 Å². The molecule has 0 fully saturated rings. The van der Waals surface area contributed by atoms with Gasteiger partial charge in [0.1, 0.15) is 21.2 Å². The Kier molecular flexibility index (Phi) is 10.9. The first-order valence-corrected chi connectivity index (χ1v) is 18.4. The molecule has 4 rings (SSSR count). The molecule has 0 heterocycles. The van der Waals surface area contributed by atoms with Crippen LogP contribution in [0.2, 0.25) is 0 Å². The number of nitrogens with one attached hydrogen (secondary N) is 1. The Morgan fingerprint density at radius 1 is 0.419 bits per heavy atom. The maximum absolute atomic E-state index is 4.95. The van der Waals surface area contributed by atoms with Crippen LogP contribution in [0.15, 0.2) is 121 Å². The van der Waals surface area contributed by atoms with E-state index in [1.807, 2.05) is 0 Å². The van der Waals surface area contributed by atoms with Gasteiger partial charge >= 0.3 is 41.8 Å². The van der Waals surface area contributed by atoms with Crippen LogP contribution in [0, 0.1) is 0 Å². The molecule has 4 aromatic carbocycles. The molecule has 0 saturated heterocycles. The Morgan fingerprint density at radius 3 is 0.806 bits per heavy atom. The molecule has 0 amide bonds. The van der Waals surface area contributed by atoms with Gasteiger partial charge in [-0.2, -0.15) is 0 Å². The van der Waals surface area contributed by atoms with Crippen molar-refractivity contribution in [2.45, 2.75) is 0 Å². The molecule has 0 aliphatic rings. The van der Waals surface area contributed by atoms with Crippen LogP contribution in [0.3, 0.4) is 0 Å². The third-order valence-electron chi connectivity index (χ3n) is 4.50. The van der Waals surface area contributed by atoms with Crippen molar-refractivity contribution in [3.05, 3.63) is 121 Å². The largest absolute Gasteiger partial charge is 0.171 e. The molecule has 0 bridgehead atoms. The summed E-state index contributed by atoms with van der Waals surface area (Å²) >= 11 is -1.77. The van der Waals surface area contributed by atoms with E-state index < -0.39 is 28.4 Å². The van der Waals surface area contributed by atoms with E-state index in [1.165, 1.54) is 21.2 Å². The van der Waals surface area contributed by atoms with Crippen LogP contribution in [-0.2, 0) is 12.3 Å². The van der Waals surface area contributed by atoms with E-state index >= 15 is 0 Å². The van der Waals surface area contributed by atoms with Crippen LogP contribution < -0.4 is 26.1 Å². The minimum absolute atomic E-state index is 1.10. The van der Waals surface area contributed by atoms with Gasteiger partial charge < -0.3 is 0 Å². The molecule has 1 nitrogen and oxygen atoms in total. The van der Waals surface area contributed by atoms with Gasteiger partial charge in [0.05, 0.1) is 0 Å². The van der Waals surface area contributed by atoms with Gasteiger partial charge in [-0.1, -0.05) is 77.7 Å². The second kappa shape index (κ2) is 13.6. The number of benzene rings is 4. The van der Waals surface area contributed by atoms with Crippen LogP contribution >= 0.6 is 45.7 Å². The van der Waals surface area contributed by atoms with E-state index in [0.717, 1.165) is 0 Å². The summed E-state index contributed by atoms with van der Waals surface area (Å²) in [5.74, 6) is 0. The van der Waals surface area contributed by atoms with E-state index in [4.69, 9.17) is 29.5 Å². The normalized spacial score (nSPS) is 10.8. The monoisotopic (exact) mass is 543 g/mol. The quantitative estimate of drug-likeness (QED) is 0.285. The van der Waals surface area contributed by atoms with Gasteiger partial charge in [-0.15, -0.1) is 0 Å². The zero-order valence-corrected chi connectivity index (χ0v) is 22.3. The van der Waals surface area contributed by atoms with Gasteiger partial charge in [-0.25, -0.2) is 0 Å². The molecular weight excluding hydrogens is 522 g/mol. The van der Waals surface area contributed by atoms with E-state index in [1.54, 1.807) is 0 Å². The summed E-state index contributed by atoms with van der Waals surface area (Å²) in [5.41, 5.74) is 0. The van der Waals surface area contributed by atoms with E-state index in [-0.39, 0.29) is 0 Å². The predicted molar refractivity (Wildman–Crippen MR) is 142 cm³/mol. The second-order valence-corrected chi connectivity index (χ2v) is 18.3. The van der Waals surface area contributed by atoms with E-state index in [0.29, 0.717) is 0 Å². The van der Waals surface area contributed by atoms with Crippen molar-refractivity contribution in [2.24, 2.45) is 0 Å². The molecule has 0 aliphatic heterocycles. The third kappa shape index (κ3) is 8.22. The Bertz CT molecular complexity index is 847. The SMILES string of the molecule is [Cl][V]([Cl])[Cl].c1ccc([PH+](N[PH+](c2ccccc2)c2ccccc2)c2ccccc2)cc1. The van der Waals surface area contributed by atoms with Gasteiger partial charge in [-0.05, 0) is 48.5 Å². The van der Waals surface area contributed by atoms with Crippen molar-refractivity contribution in [3.8, 4) is 0 Å². The fourth-order valence-electron chi connectivity index (χ4n) is 3.17. The summed E-state index contributed by atoms with van der Waals surface area (Å²) in [6.07, 6.45) is 0. The number of hydrogen-bond acceptors (Lipinski definition) is 1. The predicted octanol–water partition coefficient (Wildman–Crippen LogP) is 6.20. The maximum Gasteiger partial charge on any atom is 0.171 e. The molecule has 0 radical (unpaired) electrons. The molecule has 4 aromatic rings. The molecule has 31 heavy (non-hydrogen) atoms. The molecule has 0 aliphatic carbocycles. The first-order valence-electron chi connectivity index (χ1n) is 9.65. The fourth-order valence-corrected chi connectivity index (χ4v) is 9.25. The zero-order valence-electron chi connectivity index (χ0n) is 16.6. The Hall–Kier alpha value is -0.846. The summed E-state index contributed by atoms with van der Waals surface area (Å²) in [6.45, 7) is 0. The van der Waals surface area contributed by atoms with Gasteiger partial charge in [0.2, 0.25) is 0 Å². The number of rotatable bonds is 6. The molecule has 0 saturated carbocycles. The van der Waals surface area contributed by atoms with Gasteiger partial charge in [0.15, 0.2) is 16.1 Å². The van der Waals surface area contributed by atoms with E-state index in [2.05, 4.69) is 126 Å². The number of hydrogen-bond donors (Lipinski definition) is 1.